The molecule has 1 heterocycles. The van der Waals surface area contributed by atoms with E-state index in [1.165, 1.54) is 11.8 Å². The number of ether oxygens (including phenoxy) is 1. The van der Waals surface area contributed by atoms with Crippen molar-refractivity contribution >= 4 is 40.9 Å². The van der Waals surface area contributed by atoms with Crippen LogP contribution in [0.5, 0.6) is 0 Å². The minimum absolute atomic E-state index is 0.371. The third-order valence-electron chi connectivity index (χ3n) is 4.11. The van der Waals surface area contributed by atoms with Gasteiger partial charge in [-0.1, -0.05) is 29.8 Å². The number of aryl methyl sites for hydroxylation is 2. The third kappa shape index (κ3) is 6.66. The minimum atomic E-state index is -0.642. The maximum absolute atomic E-state index is 12.5. The Morgan fingerprint density at radius 3 is 2.48 bits per heavy atom. The molecule has 0 radical (unpaired) electrons. The predicted molar refractivity (Wildman–Crippen MR) is 120 cm³/mol. The molecule has 31 heavy (non-hydrogen) atoms. The zero-order chi connectivity index (χ0) is 22.2. The van der Waals surface area contributed by atoms with Crippen LogP contribution >= 0.6 is 23.1 Å². The number of amides is 2. The van der Waals surface area contributed by atoms with E-state index in [4.69, 9.17) is 4.74 Å². The molecule has 0 aliphatic carbocycles. The number of nitrogens with zero attached hydrogens (tertiary/aromatic N) is 1. The predicted octanol–water partition coefficient (Wildman–Crippen LogP) is 3.67. The number of hydrogen-bond acceptors (Lipinski definition) is 7. The monoisotopic (exact) mass is 455 g/mol. The van der Waals surface area contributed by atoms with E-state index in [0.717, 1.165) is 21.2 Å². The second-order valence-corrected chi connectivity index (χ2v) is 8.67. The molecule has 160 valence electrons. The van der Waals surface area contributed by atoms with E-state index in [1.54, 1.807) is 47.7 Å². The number of rotatable bonds is 7. The van der Waals surface area contributed by atoms with Gasteiger partial charge in [-0.15, -0.1) is 23.1 Å². The molecular formula is C22H21N3O4S2. The Morgan fingerprint density at radius 1 is 1.03 bits per heavy atom. The third-order valence-corrected chi connectivity index (χ3v) is 6.04. The summed E-state index contributed by atoms with van der Waals surface area (Å²) in [5.74, 6) is -1.09. The summed E-state index contributed by atoms with van der Waals surface area (Å²) in [6, 6.07) is 13.9. The van der Waals surface area contributed by atoms with Gasteiger partial charge in [0.2, 0.25) is 0 Å². The lowest BCUT2D eigenvalue weighted by atomic mass is 10.1. The summed E-state index contributed by atoms with van der Waals surface area (Å²) in [6.45, 7) is 3.34. The number of benzene rings is 2. The van der Waals surface area contributed by atoms with Gasteiger partial charge in [-0.05, 0) is 38.1 Å². The number of thiazole rings is 1. The maximum Gasteiger partial charge on any atom is 0.339 e. The van der Waals surface area contributed by atoms with Gasteiger partial charge in [0.1, 0.15) is 0 Å². The molecule has 0 aliphatic rings. The van der Waals surface area contributed by atoms with E-state index in [1.807, 2.05) is 31.4 Å². The minimum Gasteiger partial charge on any atom is -0.452 e. The molecule has 2 amide bonds. The van der Waals surface area contributed by atoms with Crippen molar-refractivity contribution in [3.05, 3.63) is 81.3 Å². The Labute approximate surface area is 188 Å². The van der Waals surface area contributed by atoms with Crippen molar-refractivity contribution in [1.82, 2.24) is 15.8 Å². The van der Waals surface area contributed by atoms with E-state index in [-0.39, 0.29) is 0 Å². The molecule has 7 nitrogen and oxygen atoms in total. The van der Waals surface area contributed by atoms with Crippen LogP contribution in [0.2, 0.25) is 0 Å². The van der Waals surface area contributed by atoms with Gasteiger partial charge in [0, 0.05) is 21.6 Å². The maximum atomic E-state index is 12.5. The van der Waals surface area contributed by atoms with Crippen LogP contribution in [0, 0.1) is 13.8 Å². The second kappa shape index (κ2) is 10.7. The fourth-order valence-corrected chi connectivity index (χ4v) is 4.19. The number of aromatic nitrogens is 1. The van der Waals surface area contributed by atoms with Crippen LogP contribution in [0.1, 0.15) is 37.0 Å². The summed E-state index contributed by atoms with van der Waals surface area (Å²) in [5, 5.41) is 2.97. The Hall–Kier alpha value is -3.17. The van der Waals surface area contributed by atoms with Crippen LogP contribution < -0.4 is 10.9 Å². The summed E-state index contributed by atoms with van der Waals surface area (Å²) in [5.41, 5.74) is 7.27. The SMILES string of the molecule is Cc1ccc(C(=O)NNC(=O)COC(=O)c2ccccc2SCc2csc(C)n2)cc1. The normalized spacial score (nSPS) is 10.4. The van der Waals surface area contributed by atoms with Crippen LogP contribution in [0.3, 0.4) is 0 Å². The van der Waals surface area contributed by atoms with E-state index in [9.17, 15) is 14.4 Å². The highest BCUT2D eigenvalue weighted by Crippen LogP contribution is 2.27. The lowest BCUT2D eigenvalue weighted by Gasteiger charge is -2.10. The largest absolute Gasteiger partial charge is 0.452 e. The highest BCUT2D eigenvalue weighted by molar-refractivity contribution is 7.98. The smallest absolute Gasteiger partial charge is 0.339 e. The number of carbonyl (C=O) groups is 3. The molecule has 2 N–H and O–H groups in total. The number of nitrogens with one attached hydrogen (secondary N) is 2. The zero-order valence-corrected chi connectivity index (χ0v) is 18.6. The van der Waals surface area contributed by atoms with E-state index < -0.39 is 24.4 Å². The van der Waals surface area contributed by atoms with Crippen LogP contribution in [0.25, 0.3) is 0 Å². The van der Waals surface area contributed by atoms with Gasteiger partial charge in [-0.2, -0.15) is 0 Å². The number of hydrogen-bond donors (Lipinski definition) is 2. The average Bonchev–Trinajstić information content (AvgIpc) is 3.20. The fourth-order valence-electron chi connectivity index (χ4n) is 2.54. The van der Waals surface area contributed by atoms with E-state index >= 15 is 0 Å². The molecule has 0 fully saturated rings. The summed E-state index contributed by atoms with van der Waals surface area (Å²) in [7, 11) is 0. The molecule has 3 aromatic rings. The Balaban J connectivity index is 1.49. The van der Waals surface area contributed by atoms with Crippen molar-refractivity contribution in [2.24, 2.45) is 0 Å². The van der Waals surface area contributed by atoms with Crippen LogP contribution in [0.15, 0.2) is 58.8 Å². The first-order valence-corrected chi connectivity index (χ1v) is 11.2. The van der Waals surface area contributed by atoms with Gasteiger partial charge < -0.3 is 4.74 Å². The molecule has 3 rings (SSSR count). The molecule has 0 spiro atoms. The summed E-state index contributed by atoms with van der Waals surface area (Å²) < 4.78 is 5.11. The molecule has 0 saturated carbocycles. The number of esters is 1. The topological polar surface area (TPSA) is 97.4 Å². The van der Waals surface area contributed by atoms with Crippen molar-refractivity contribution < 1.29 is 19.1 Å². The fraction of sp³-hybridized carbons (Fsp3) is 0.182. The Morgan fingerprint density at radius 2 is 1.77 bits per heavy atom. The van der Waals surface area contributed by atoms with E-state index in [2.05, 4.69) is 15.8 Å². The van der Waals surface area contributed by atoms with Crippen LogP contribution in [-0.2, 0) is 15.3 Å². The van der Waals surface area contributed by atoms with Gasteiger partial charge in [0.25, 0.3) is 11.8 Å². The lowest BCUT2D eigenvalue weighted by molar-refractivity contribution is -0.125. The van der Waals surface area contributed by atoms with Crippen LogP contribution in [-0.4, -0.2) is 29.4 Å². The Kier molecular flexibility index (Phi) is 7.80. The molecule has 0 atom stereocenters. The van der Waals surface area contributed by atoms with Crippen molar-refractivity contribution in [2.75, 3.05) is 6.61 Å². The number of thioether (sulfide) groups is 1. The number of hydrazine groups is 1. The summed E-state index contributed by atoms with van der Waals surface area (Å²) in [6.07, 6.45) is 0. The first kappa shape index (κ1) is 22.5. The highest BCUT2D eigenvalue weighted by Gasteiger charge is 2.15. The van der Waals surface area contributed by atoms with Gasteiger partial charge in [-0.3, -0.25) is 20.4 Å². The van der Waals surface area contributed by atoms with Gasteiger partial charge in [0.05, 0.1) is 16.3 Å². The van der Waals surface area contributed by atoms with Gasteiger partial charge in [0.15, 0.2) is 6.61 Å². The molecular weight excluding hydrogens is 434 g/mol. The summed E-state index contributed by atoms with van der Waals surface area (Å²) >= 11 is 3.05. The molecule has 0 saturated heterocycles. The molecule has 9 heteroatoms. The van der Waals surface area contributed by atoms with Crippen LogP contribution in [0.4, 0.5) is 0 Å². The van der Waals surface area contributed by atoms with Crippen molar-refractivity contribution in [3.8, 4) is 0 Å². The van der Waals surface area contributed by atoms with Gasteiger partial charge >= 0.3 is 5.97 Å². The molecule has 2 aromatic carbocycles. The average molecular weight is 456 g/mol. The van der Waals surface area contributed by atoms with Crippen molar-refractivity contribution in [2.45, 2.75) is 24.5 Å². The molecule has 0 bridgehead atoms. The van der Waals surface area contributed by atoms with Crippen molar-refractivity contribution in [1.29, 1.82) is 0 Å². The standard InChI is InChI=1S/C22H21N3O4S2/c1-14-7-9-16(10-8-14)21(27)25-24-20(26)11-29-22(28)18-5-3-4-6-19(18)31-13-17-12-30-15(2)23-17/h3-10,12H,11,13H2,1-2H3,(H,24,26)(H,25,27). The molecule has 0 aliphatic heterocycles. The lowest BCUT2D eigenvalue weighted by Crippen LogP contribution is -2.43. The molecule has 1 aromatic heterocycles. The zero-order valence-electron chi connectivity index (χ0n) is 17.0. The summed E-state index contributed by atoms with van der Waals surface area (Å²) in [4.78, 5) is 41.6. The van der Waals surface area contributed by atoms with Gasteiger partial charge in [-0.25, -0.2) is 9.78 Å². The first-order chi connectivity index (χ1) is 14.9. The van der Waals surface area contributed by atoms with E-state index in [0.29, 0.717) is 16.9 Å². The Bertz CT molecular complexity index is 1080. The van der Waals surface area contributed by atoms with Crippen molar-refractivity contribution in [3.63, 3.8) is 0 Å². The quantitative estimate of drug-likeness (QED) is 0.321. The highest BCUT2D eigenvalue weighted by atomic mass is 32.2. The number of carbonyl (C=O) groups excluding carboxylic acids is 3. The second-order valence-electron chi connectivity index (χ2n) is 6.59. The first-order valence-electron chi connectivity index (χ1n) is 9.38. The molecule has 0 unspecified atom stereocenters.